The number of amides is 1. The SMILES string of the molecule is NCCc1nc(C(=O)NCc2ccc(C(F)(F)F)cc2)co1. The summed E-state index contributed by atoms with van der Waals surface area (Å²) < 4.78 is 42.3. The van der Waals surface area contributed by atoms with E-state index in [1.54, 1.807) is 0 Å². The summed E-state index contributed by atoms with van der Waals surface area (Å²) in [5, 5.41) is 2.55. The molecule has 1 heterocycles. The fourth-order valence-electron chi connectivity index (χ4n) is 1.74. The first kappa shape index (κ1) is 16.0. The van der Waals surface area contributed by atoms with Crippen molar-refractivity contribution < 1.29 is 22.4 Å². The second kappa shape index (κ2) is 6.61. The van der Waals surface area contributed by atoms with Crippen LogP contribution < -0.4 is 11.1 Å². The molecule has 0 aliphatic heterocycles. The number of rotatable bonds is 5. The minimum Gasteiger partial charge on any atom is -0.448 e. The summed E-state index contributed by atoms with van der Waals surface area (Å²) in [5.41, 5.74) is 5.27. The Morgan fingerprint density at radius 3 is 2.55 bits per heavy atom. The van der Waals surface area contributed by atoms with E-state index in [0.29, 0.717) is 24.4 Å². The van der Waals surface area contributed by atoms with E-state index in [1.165, 1.54) is 18.4 Å². The molecule has 2 rings (SSSR count). The Kier molecular flexibility index (Phi) is 4.81. The van der Waals surface area contributed by atoms with Gasteiger partial charge in [-0.05, 0) is 17.7 Å². The van der Waals surface area contributed by atoms with Gasteiger partial charge in [-0.2, -0.15) is 13.2 Å². The Morgan fingerprint density at radius 2 is 1.95 bits per heavy atom. The van der Waals surface area contributed by atoms with Gasteiger partial charge in [0.25, 0.3) is 5.91 Å². The smallest absolute Gasteiger partial charge is 0.416 e. The number of nitrogens with one attached hydrogen (secondary N) is 1. The lowest BCUT2D eigenvalue weighted by Gasteiger charge is -2.08. The Labute approximate surface area is 124 Å². The number of aromatic nitrogens is 1. The van der Waals surface area contributed by atoms with Crippen LogP contribution in [0.5, 0.6) is 0 Å². The summed E-state index contributed by atoms with van der Waals surface area (Å²) in [6.07, 6.45) is -2.73. The van der Waals surface area contributed by atoms with Gasteiger partial charge in [-0.3, -0.25) is 4.79 Å². The molecule has 0 bridgehead atoms. The molecule has 8 heteroatoms. The number of benzene rings is 1. The molecule has 5 nitrogen and oxygen atoms in total. The predicted octanol–water partition coefficient (Wildman–Crippen LogP) is 2.12. The van der Waals surface area contributed by atoms with Crippen LogP contribution in [0.25, 0.3) is 0 Å². The maximum atomic E-state index is 12.4. The van der Waals surface area contributed by atoms with Crippen LogP contribution in [0.15, 0.2) is 34.9 Å². The van der Waals surface area contributed by atoms with Gasteiger partial charge in [0.1, 0.15) is 6.26 Å². The Bertz CT molecular complexity index is 636. The largest absolute Gasteiger partial charge is 0.448 e. The molecule has 0 unspecified atom stereocenters. The normalized spacial score (nSPS) is 11.5. The van der Waals surface area contributed by atoms with Crippen molar-refractivity contribution in [3.63, 3.8) is 0 Å². The van der Waals surface area contributed by atoms with Crippen LogP contribution in [0, 0.1) is 0 Å². The molecule has 3 N–H and O–H groups in total. The number of halogens is 3. The van der Waals surface area contributed by atoms with Crippen molar-refractivity contribution in [3.8, 4) is 0 Å². The van der Waals surface area contributed by atoms with Crippen molar-refractivity contribution in [2.24, 2.45) is 5.73 Å². The molecule has 0 spiro atoms. The molecular weight excluding hydrogens is 299 g/mol. The second-order valence-electron chi connectivity index (χ2n) is 4.54. The summed E-state index contributed by atoms with van der Waals surface area (Å²) >= 11 is 0. The van der Waals surface area contributed by atoms with Gasteiger partial charge in [0.15, 0.2) is 11.6 Å². The molecule has 0 atom stereocenters. The van der Waals surface area contributed by atoms with Crippen molar-refractivity contribution in [2.75, 3.05) is 6.54 Å². The van der Waals surface area contributed by atoms with Gasteiger partial charge >= 0.3 is 6.18 Å². The summed E-state index contributed by atoms with van der Waals surface area (Å²) in [7, 11) is 0. The van der Waals surface area contributed by atoms with Crippen LogP contribution in [0.1, 0.15) is 27.5 Å². The maximum absolute atomic E-state index is 12.4. The highest BCUT2D eigenvalue weighted by Crippen LogP contribution is 2.29. The first-order valence-corrected chi connectivity index (χ1v) is 6.49. The van der Waals surface area contributed by atoms with E-state index < -0.39 is 17.6 Å². The van der Waals surface area contributed by atoms with Crippen molar-refractivity contribution in [1.82, 2.24) is 10.3 Å². The van der Waals surface area contributed by atoms with Crippen LogP contribution in [0.2, 0.25) is 0 Å². The van der Waals surface area contributed by atoms with Crippen molar-refractivity contribution in [3.05, 3.63) is 53.2 Å². The number of hydrogen-bond acceptors (Lipinski definition) is 4. The molecule has 2 aromatic rings. The number of nitrogens with zero attached hydrogens (tertiary/aromatic N) is 1. The highest BCUT2D eigenvalue weighted by atomic mass is 19.4. The molecule has 22 heavy (non-hydrogen) atoms. The molecule has 0 aliphatic carbocycles. The number of carbonyl (C=O) groups is 1. The molecule has 1 aromatic heterocycles. The van der Waals surface area contributed by atoms with E-state index >= 15 is 0 Å². The van der Waals surface area contributed by atoms with Crippen LogP contribution >= 0.6 is 0 Å². The van der Waals surface area contributed by atoms with Crippen LogP contribution in [0.4, 0.5) is 13.2 Å². The number of oxazole rings is 1. The summed E-state index contributed by atoms with van der Waals surface area (Å²) in [5.74, 6) is -0.103. The fourth-order valence-corrected chi connectivity index (χ4v) is 1.74. The quantitative estimate of drug-likeness (QED) is 0.886. The standard InChI is InChI=1S/C14H14F3N3O2/c15-14(16,17)10-3-1-9(2-4-10)7-19-13(21)11-8-22-12(20-11)5-6-18/h1-4,8H,5-7,18H2,(H,19,21). The van der Waals surface area contributed by atoms with Crippen LogP contribution in [0.3, 0.4) is 0 Å². The van der Waals surface area contributed by atoms with Gasteiger partial charge in [0.05, 0.1) is 5.56 Å². The Hall–Kier alpha value is -2.35. The molecule has 0 saturated heterocycles. The number of alkyl halides is 3. The molecule has 0 saturated carbocycles. The molecule has 0 fully saturated rings. The Morgan fingerprint density at radius 1 is 1.27 bits per heavy atom. The zero-order valence-electron chi connectivity index (χ0n) is 11.5. The highest BCUT2D eigenvalue weighted by Gasteiger charge is 2.29. The first-order valence-electron chi connectivity index (χ1n) is 6.49. The van der Waals surface area contributed by atoms with Gasteiger partial charge in [-0.1, -0.05) is 12.1 Å². The van der Waals surface area contributed by atoms with Crippen molar-refractivity contribution in [2.45, 2.75) is 19.1 Å². The lowest BCUT2D eigenvalue weighted by Crippen LogP contribution is -2.23. The third kappa shape index (κ3) is 4.08. The van der Waals surface area contributed by atoms with E-state index in [9.17, 15) is 18.0 Å². The zero-order valence-corrected chi connectivity index (χ0v) is 11.5. The summed E-state index contributed by atoms with van der Waals surface area (Å²) in [4.78, 5) is 15.8. The zero-order chi connectivity index (χ0) is 16.2. The van der Waals surface area contributed by atoms with Gasteiger partial charge < -0.3 is 15.5 Å². The van der Waals surface area contributed by atoms with Crippen LogP contribution in [-0.4, -0.2) is 17.4 Å². The van der Waals surface area contributed by atoms with Gasteiger partial charge in [0.2, 0.25) is 0 Å². The van der Waals surface area contributed by atoms with Gasteiger partial charge in [0, 0.05) is 19.5 Å². The lowest BCUT2D eigenvalue weighted by atomic mass is 10.1. The molecule has 118 valence electrons. The highest BCUT2D eigenvalue weighted by molar-refractivity contribution is 5.91. The molecule has 0 radical (unpaired) electrons. The van der Waals surface area contributed by atoms with E-state index in [2.05, 4.69) is 10.3 Å². The van der Waals surface area contributed by atoms with Crippen LogP contribution in [-0.2, 0) is 19.1 Å². The van der Waals surface area contributed by atoms with E-state index in [4.69, 9.17) is 10.2 Å². The third-order valence-corrected chi connectivity index (χ3v) is 2.88. The fraction of sp³-hybridized carbons (Fsp3) is 0.286. The Balaban J connectivity index is 1.93. The van der Waals surface area contributed by atoms with Crippen molar-refractivity contribution >= 4 is 5.91 Å². The number of nitrogens with two attached hydrogens (primary N) is 1. The molecule has 1 aromatic carbocycles. The number of hydrogen-bond donors (Lipinski definition) is 2. The maximum Gasteiger partial charge on any atom is 0.416 e. The van der Waals surface area contributed by atoms with E-state index in [1.807, 2.05) is 0 Å². The second-order valence-corrected chi connectivity index (χ2v) is 4.54. The third-order valence-electron chi connectivity index (χ3n) is 2.88. The molecule has 0 aliphatic rings. The average molecular weight is 313 g/mol. The van der Waals surface area contributed by atoms with Crippen molar-refractivity contribution in [1.29, 1.82) is 0 Å². The minimum atomic E-state index is -4.37. The monoisotopic (exact) mass is 313 g/mol. The van der Waals surface area contributed by atoms with E-state index in [0.717, 1.165) is 12.1 Å². The van der Waals surface area contributed by atoms with E-state index in [-0.39, 0.29) is 12.2 Å². The molecule has 1 amide bonds. The number of carbonyl (C=O) groups excluding carboxylic acids is 1. The minimum absolute atomic E-state index is 0.0933. The summed E-state index contributed by atoms with van der Waals surface area (Å²) in [6.45, 7) is 0.448. The molecular formula is C14H14F3N3O2. The lowest BCUT2D eigenvalue weighted by molar-refractivity contribution is -0.137. The average Bonchev–Trinajstić information content (AvgIpc) is 2.93. The predicted molar refractivity (Wildman–Crippen MR) is 71.9 cm³/mol. The van der Waals surface area contributed by atoms with Gasteiger partial charge in [-0.25, -0.2) is 4.98 Å². The summed E-state index contributed by atoms with van der Waals surface area (Å²) in [6, 6.07) is 4.56. The topological polar surface area (TPSA) is 81.1 Å². The first-order chi connectivity index (χ1) is 10.4. The van der Waals surface area contributed by atoms with Gasteiger partial charge in [-0.15, -0.1) is 0 Å².